The van der Waals surface area contributed by atoms with E-state index in [-0.39, 0.29) is 17.8 Å². The summed E-state index contributed by atoms with van der Waals surface area (Å²) in [5.41, 5.74) is 0.545. The quantitative estimate of drug-likeness (QED) is 0.778. The Morgan fingerprint density at radius 2 is 2.25 bits per heavy atom. The highest BCUT2D eigenvalue weighted by Gasteiger charge is 2.28. The third kappa shape index (κ3) is 4.20. The summed E-state index contributed by atoms with van der Waals surface area (Å²) in [5.74, 6) is 0.0925. The molecule has 0 amide bonds. The molecular formula is C15H20FNO3. The van der Waals surface area contributed by atoms with Gasteiger partial charge in [0.15, 0.2) is 0 Å². The summed E-state index contributed by atoms with van der Waals surface area (Å²) in [7, 11) is 1.38. The van der Waals surface area contributed by atoms with Crippen LogP contribution in [0.4, 0.5) is 4.39 Å². The number of rotatable bonds is 7. The van der Waals surface area contributed by atoms with Crippen LogP contribution >= 0.6 is 0 Å². The molecule has 1 aliphatic rings. The van der Waals surface area contributed by atoms with E-state index in [1.54, 1.807) is 19.1 Å². The summed E-state index contributed by atoms with van der Waals surface area (Å²) in [6.07, 6.45) is 2.73. The topological polar surface area (TPSA) is 47.6 Å². The molecule has 20 heavy (non-hydrogen) atoms. The molecule has 0 radical (unpaired) electrons. The molecule has 0 aliphatic heterocycles. The zero-order chi connectivity index (χ0) is 14.5. The van der Waals surface area contributed by atoms with Crippen LogP contribution in [0.25, 0.3) is 0 Å². The lowest BCUT2D eigenvalue weighted by molar-refractivity contribution is -0.143. The molecule has 0 bridgehead atoms. The molecule has 1 aromatic rings. The molecule has 1 aliphatic carbocycles. The van der Waals surface area contributed by atoms with Crippen LogP contribution in [0.3, 0.4) is 0 Å². The minimum atomic E-state index is -0.339. The Hall–Kier alpha value is -1.62. The van der Waals surface area contributed by atoms with E-state index in [1.807, 2.05) is 0 Å². The first-order chi connectivity index (χ1) is 9.60. The van der Waals surface area contributed by atoms with E-state index in [9.17, 15) is 9.18 Å². The van der Waals surface area contributed by atoms with E-state index in [0.29, 0.717) is 30.4 Å². The lowest BCUT2D eigenvalue weighted by Gasteiger charge is -2.16. The first-order valence-electron chi connectivity index (χ1n) is 6.83. The molecule has 1 N–H and O–H groups in total. The van der Waals surface area contributed by atoms with Crippen LogP contribution in [0.5, 0.6) is 5.75 Å². The van der Waals surface area contributed by atoms with E-state index in [4.69, 9.17) is 9.47 Å². The number of nitrogens with one attached hydrogen (secondary N) is 1. The van der Waals surface area contributed by atoms with E-state index in [1.165, 1.54) is 13.2 Å². The number of methoxy groups -OCH3 is 1. The van der Waals surface area contributed by atoms with Gasteiger partial charge >= 0.3 is 5.97 Å². The summed E-state index contributed by atoms with van der Waals surface area (Å²) < 4.78 is 23.5. The molecule has 1 aromatic carbocycles. The van der Waals surface area contributed by atoms with Crippen LogP contribution in [-0.4, -0.2) is 31.8 Å². The van der Waals surface area contributed by atoms with Gasteiger partial charge in [-0.2, -0.15) is 0 Å². The van der Waals surface area contributed by atoms with Crippen molar-refractivity contribution in [3.05, 3.63) is 29.6 Å². The largest absolute Gasteiger partial charge is 0.494 e. The molecule has 1 atom stereocenters. The predicted molar refractivity (Wildman–Crippen MR) is 73.2 cm³/mol. The summed E-state index contributed by atoms with van der Waals surface area (Å²) in [4.78, 5) is 11.6. The van der Waals surface area contributed by atoms with Crippen LogP contribution < -0.4 is 10.1 Å². The third-order valence-electron chi connectivity index (χ3n) is 3.30. The maximum atomic E-state index is 13.1. The standard InChI is InChI=1S/C15H20FNO3/c1-10-9-12(5-6-13(10)16)20-8-7-14(15(18)19-2)17-11-3-4-11/h5-6,9,11,14,17H,3-4,7-8H2,1-2H3. The number of esters is 1. The Kier molecular flexibility index (Phi) is 4.95. The fourth-order valence-electron chi connectivity index (χ4n) is 1.95. The van der Waals surface area contributed by atoms with Crippen molar-refractivity contribution in [1.29, 1.82) is 0 Å². The molecule has 1 unspecified atom stereocenters. The van der Waals surface area contributed by atoms with Crippen LogP contribution in [0.2, 0.25) is 0 Å². The van der Waals surface area contributed by atoms with Gasteiger partial charge in [-0.05, 0) is 43.5 Å². The number of hydrogen-bond donors (Lipinski definition) is 1. The maximum absolute atomic E-state index is 13.1. The van der Waals surface area contributed by atoms with Gasteiger partial charge in [-0.1, -0.05) is 0 Å². The Labute approximate surface area is 118 Å². The Morgan fingerprint density at radius 3 is 2.85 bits per heavy atom. The lowest BCUT2D eigenvalue weighted by Crippen LogP contribution is -2.40. The van der Waals surface area contributed by atoms with Gasteiger partial charge in [0.2, 0.25) is 0 Å². The molecule has 1 fully saturated rings. The number of carbonyl (C=O) groups is 1. The van der Waals surface area contributed by atoms with Crippen molar-refractivity contribution in [2.24, 2.45) is 0 Å². The average Bonchev–Trinajstić information content (AvgIpc) is 3.25. The maximum Gasteiger partial charge on any atom is 0.322 e. The fourth-order valence-corrected chi connectivity index (χ4v) is 1.95. The Bertz CT molecular complexity index is 474. The van der Waals surface area contributed by atoms with E-state index >= 15 is 0 Å². The van der Waals surface area contributed by atoms with Crippen molar-refractivity contribution in [1.82, 2.24) is 5.32 Å². The second kappa shape index (κ2) is 6.70. The van der Waals surface area contributed by atoms with Gasteiger partial charge in [-0.3, -0.25) is 4.79 Å². The monoisotopic (exact) mass is 281 g/mol. The smallest absolute Gasteiger partial charge is 0.322 e. The number of carbonyl (C=O) groups excluding carboxylic acids is 1. The fraction of sp³-hybridized carbons (Fsp3) is 0.533. The third-order valence-corrected chi connectivity index (χ3v) is 3.30. The van der Waals surface area contributed by atoms with Gasteiger partial charge in [0.1, 0.15) is 17.6 Å². The van der Waals surface area contributed by atoms with Gasteiger partial charge in [0.25, 0.3) is 0 Å². The molecule has 0 heterocycles. The van der Waals surface area contributed by atoms with E-state index in [2.05, 4.69) is 5.32 Å². The first kappa shape index (κ1) is 14.8. The molecule has 1 saturated carbocycles. The number of benzene rings is 1. The lowest BCUT2D eigenvalue weighted by atomic mass is 10.2. The van der Waals surface area contributed by atoms with Crippen LogP contribution in [0.15, 0.2) is 18.2 Å². The van der Waals surface area contributed by atoms with Gasteiger partial charge in [-0.25, -0.2) is 4.39 Å². The minimum absolute atomic E-state index is 0.250. The van der Waals surface area contributed by atoms with Crippen molar-refractivity contribution < 1.29 is 18.7 Å². The molecule has 0 saturated heterocycles. The summed E-state index contributed by atoms with van der Waals surface area (Å²) in [5, 5.41) is 3.23. The van der Waals surface area contributed by atoms with Crippen molar-refractivity contribution >= 4 is 5.97 Å². The average molecular weight is 281 g/mol. The number of ether oxygens (including phenoxy) is 2. The first-order valence-corrected chi connectivity index (χ1v) is 6.83. The molecule has 0 spiro atoms. The summed E-state index contributed by atoms with van der Waals surface area (Å²) >= 11 is 0. The number of hydrogen-bond acceptors (Lipinski definition) is 4. The van der Waals surface area contributed by atoms with Crippen molar-refractivity contribution in [3.8, 4) is 5.75 Å². The Morgan fingerprint density at radius 1 is 1.50 bits per heavy atom. The summed E-state index contributed by atoms with van der Waals surface area (Å²) in [6, 6.07) is 4.70. The predicted octanol–water partition coefficient (Wildman–Crippen LogP) is 2.20. The zero-order valence-electron chi connectivity index (χ0n) is 11.8. The number of halogens is 1. The van der Waals surface area contributed by atoms with Crippen LogP contribution in [-0.2, 0) is 9.53 Å². The van der Waals surface area contributed by atoms with Gasteiger partial charge in [-0.15, -0.1) is 0 Å². The van der Waals surface area contributed by atoms with E-state index in [0.717, 1.165) is 12.8 Å². The van der Waals surface area contributed by atoms with Gasteiger partial charge in [0, 0.05) is 12.5 Å². The number of aryl methyl sites for hydroxylation is 1. The minimum Gasteiger partial charge on any atom is -0.494 e. The highest BCUT2D eigenvalue weighted by Crippen LogP contribution is 2.21. The molecule has 0 aromatic heterocycles. The molecule has 2 rings (SSSR count). The van der Waals surface area contributed by atoms with Gasteiger partial charge < -0.3 is 14.8 Å². The normalized spacial score (nSPS) is 15.8. The van der Waals surface area contributed by atoms with Crippen molar-refractivity contribution in [2.45, 2.75) is 38.3 Å². The molecular weight excluding hydrogens is 261 g/mol. The molecule has 110 valence electrons. The second-order valence-electron chi connectivity index (χ2n) is 5.06. The second-order valence-corrected chi connectivity index (χ2v) is 5.06. The van der Waals surface area contributed by atoms with Crippen molar-refractivity contribution in [3.63, 3.8) is 0 Å². The van der Waals surface area contributed by atoms with Crippen LogP contribution in [0.1, 0.15) is 24.8 Å². The highest BCUT2D eigenvalue weighted by atomic mass is 19.1. The molecule has 5 heteroatoms. The zero-order valence-corrected chi connectivity index (χ0v) is 11.8. The molecule has 4 nitrogen and oxygen atoms in total. The van der Waals surface area contributed by atoms with Crippen molar-refractivity contribution in [2.75, 3.05) is 13.7 Å². The van der Waals surface area contributed by atoms with Gasteiger partial charge in [0.05, 0.1) is 13.7 Å². The summed E-state index contributed by atoms with van der Waals surface area (Å²) in [6.45, 7) is 2.07. The Balaban J connectivity index is 1.82. The SMILES string of the molecule is COC(=O)C(CCOc1ccc(F)c(C)c1)NC1CC1. The van der Waals surface area contributed by atoms with Crippen LogP contribution in [0, 0.1) is 12.7 Å². The highest BCUT2D eigenvalue weighted by molar-refractivity contribution is 5.75. The van der Waals surface area contributed by atoms with E-state index < -0.39 is 0 Å².